The number of para-hydroxylation sites is 1. The number of alkyl halides is 3. The number of nitrogens with one attached hydrogen (secondary N) is 2. The van der Waals surface area contributed by atoms with E-state index in [0.29, 0.717) is 0 Å². The second kappa shape index (κ2) is 11.2. The lowest BCUT2D eigenvalue weighted by Gasteiger charge is -2.19. The van der Waals surface area contributed by atoms with Crippen LogP contribution in [0.5, 0.6) is 5.75 Å². The summed E-state index contributed by atoms with van der Waals surface area (Å²) in [6.07, 6.45) is -5.58. The molecule has 4 rings (SSSR count). The molecule has 1 fully saturated rings. The van der Waals surface area contributed by atoms with E-state index in [1.54, 1.807) is 0 Å². The molecule has 0 spiro atoms. The maximum atomic E-state index is 13.2. The van der Waals surface area contributed by atoms with E-state index < -0.39 is 52.6 Å². The number of anilines is 1. The third-order valence-corrected chi connectivity index (χ3v) is 6.81. The van der Waals surface area contributed by atoms with E-state index >= 15 is 0 Å². The van der Waals surface area contributed by atoms with E-state index in [9.17, 15) is 36.6 Å². The molecule has 0 unspecified atom stereocenters. The molecule has 1 aliphatic carbocycles. The van der Waals surface area contributed by atoms with Gasteiger partial charge in [-0.15, -0.1) is 13.2 Å². The van der Waals surface area contributed by atoms with Crippen LogP contribution in [0.25, 0.3) is 0 Å². The maximum Gasteiger partial charge on any atom is 0.573 e. The molecule has 1 aromatic carbocycles. The molecule has 13 nitrogen and oxygen atoms in total. The number of aliphatic hydroxyl groups excluding tert-OH is 2. The molecule has 1 saturated carbocycles. The van der Waals surface area contributed by atoms with Crippen LogP contribution in [0.4, 0.5) is 19.0 Å². The first-order valence-electron chi connectivity index (χ1n) is 11.3. The van der Waals surface area contributed by atoms with Gasteiger partial charge in [0, 0.05) is 31.4 Å². The van der Waals surface area contributed by atoms with Gasteiger partial charge in [-0.2, -0.15) is 18.2 Å². The predicted octanol–water partition coefficient (Wildman–Crippen LogP) is 0.606. The molecule has 2 aromatic heterocycles. The van der Waals surface area contributed by atoms with Crippen molar-refractivity contribution in [2.75, 3.05) is 12.4 Å². The van der Waals surface area contributed by atoms with Gasteiger partial charge in [0.1, 0.15) is 41.9 Å². The van der Waals surface area contributed by atoms with Crippen molar-refractivity contribution in [2.24, 2.45) is 0 Å². The van der Waals surface area contributed by atoms with Crippen LogP contribution >= 0.6 is 0 Å². The van der Waals surface area contributed by atoms with Gasteiger partial charge in [-0.05, 0) is 12.1 Å². The van der Waals surface area contributed by atoms with Crippen LogP contribution in [0.3, 0.4) is 0 Å². The van der Waals surface area contributed by atoms with Crippen LogP contribution < -0.4 is 14.8 Å². The zero-order chi connectivity index (χ0) is 28.4. The van der Waals surface area contributed by atoms with E-state index in [4.69, 9.17) is 4.18 Å². The zero-order valence-corrected chi connectivity index (χ0v) is 20.9. The van der Waals surface area contributed by atoms with Crippen molar-refractivity contribution >= 4 is 21.9 Å². The van der Waals surface area contributed by atoms with E-state index in [0.717, 1.165) is 19.4 Å². The smallest absolute Gasteiger partial charge is 0.405 e. The van der Waals surface area contributed by atoms with Crippen molar-refractivity contribution in [3.8, 4) is 5.75 Å². The molecular weight excluding hydrogens is 549 g/mol. The number of benzene rings is 1. The average molecular weight is 573 g/mol. The fraction of sp³-hybridized carbons (Fsp3) is 0.364. The summed E-state index contributed by atoms with van der Waals surface area (Å²) in [5.74, 6) is -1.07. The lowest BCUT2D eigenvalue weighted by Crippen LogP contribution is -2.38. The number of hydrogen-bond acceptors (Lipinski definition) is 11. The Kier molecular flexibility index (Phi) is 8.17. The second-order valence-electron chi connectivity index (χ2n) is 8.43. The van der Waals surface area contributed by atoms with Crippen molar-refractivity contribution in [1.82, 2.24) is 24.5 Å². The Labute approximate surface area is 219 Å². The highest BCUT2D eigenvalue weighted by Gasteiger charge is 2.44. The minimum absolute atomic E-state index is 0.0261. The summed E-state index contributed by atoms with van der Waals surface area (Å²) in [6, 6.07) is 5.92. The van der Waals surface area contributed by atoms with Crippen molar-refractivity contribution < 1.29 is 45.5 Å². The number of rotatable bonds is 10. The summed E-state index contributed by atoms with van der Waals surface area (Å²) in [7, 11) is -3.03. The molecule has 0 bridgehead atoms. The Balaban J connectivity index is 1.50. The van der Waals surface area contributed by atoms with Gasteiger partial charge in [0.2, 0.25) is 5.78 Å². The number of carbonyl (C=O) groups excluding carboxylic acids is 1. The van der Waals surface area contributed by atoms with Crippen LogP contribution in [-0.2, 0) is 21.0 Å². The Bertz CT molecular complexity index is 1440. The first kappa shape index (κ1) is 28.4. The highest BCUT2D eigenvalue weighted by atomic mass is 32.2. The number of ketones is 1. The molecule has 210 valence electrons. The number of aliphatic hydroxyl groups is 2. The third-order valence-electron chi connectivity index (χ3n) is 5.81. The molecule has 4 N–H and O–H groups in total. The zero-order valence-electron chi connectivity index (χ0n) is 20.1. The molecule has 3 aromatic rings. The molecule has 2 heterocycles. The number of hydrogen-bond donors (Lipinski definition) is 4. The SMILES string of the molecule is CNS(=O)(=O)O[C@@H]1C[C@@H](Nc2ncncc2C(=O)c2ccn(Cc3ccccc3OC(F)(F)F)n2)[C@H](O)[C@H]1O. The molecular formula is C22H23F3N6O7S. The third kappa shape index (κ3) is 6.87. The van der Waals surface area contributed by atoms with Crippen molar-refractivity contribution in [1.29, 1.82) is 0 Å². The molecule has 1 aliphatic rings. The molecule has 0 amide bonds. The summed E-state index contributed by atoms with van der Waals surface area (Å²) in [5, 5.41) is 27.6. The fourth-order valence-corrected chi connectivity index (χ4v) is 4.58. The number of ether oxygens (including phenoxy) is 1. The van der Waals surface area contributed by atoms with Gasteiger partial charge in [0.05, 0.1) is 18.2 Å². The minimum Gasteiger partial charge on any atom is -0.405 e. The quantitative estimate of drug-likeness (QED) is 0.250. The predicted molar refractivity (Wildman–Crippen MR) is 127 cm³/mol. The summed E-state index contributed by atoms with van der Waals surface area (Å²) < 4.78 is 73.7. The number of halogens is 3. The summed E-state index contributed by atoms with van der Waals surface area (Å²) in [4.78, 5) is 21.1. The first-order chi connectivity index (χ1) is 18.4. The van der Waals surface area contributed by atoms with Crippen LogP contribution in [-0.4, -0.2) is 81.9 Å². The van der Waals surface area contributed by atoms with Gasteiger partial charge in [-0.1, -0.05) is 18.2 Å². The van der Waals surface area contributed by atoms with Crippen molar-refractivity contribution in [3.63, 3.8) is 0 Å². The summed E-state index contributed by atoms with van der Waals surface area (Å²) in [6.45, 7) is -0.126. The number of nitrogens with zero attached hydrogens (tertiary/aromatic N) is 4. The monoisotopic (exact) mass is 572 g/mol. The van der Waals surface area contributed by atoms with Crippen LogP contribution in [0.1, 0.15) is 28.0 Å². The van der Waals surface area contributed by atoms with E-state index in [1.165, 1.54) is 41.3 Å². The average Bonchev–Trinajstić information content (AvgIpc) is 3.44. The van der Waals surface area contributed by atoms with Crippen LogP contribution in [0, 0.1) is 0 Å². The van der Waals surface area contributed by atoms with E-state index in [1.807, 2.05) is 4.72 Å². The molecule has 39 heavy (non-hydrogen) atoms. The molecule has 17 heteroatoms. The lowest BCUT2D eigenvalue weighted by atomic mass is 10.1. The van der Waals surface area contributed by atoms with Gasteiger partial charge in [-0.3, -0.25) is 13.7 Å². The van der Waals surface area contributed by atoms with Crippen molar-refractivity contribution in [3.05, 3.63) is 65.9 Å². The normalized spacial score (nSPS) is 21.6. The van der Waals surface area contributed by atoms with Gasteiger partial charge in [0.25, 0.3) is 0 Å². The van der Waals surface area contributed by atoms with Gasteiger partial charge in [0.15, 0.2) is 0 Å². The highest BCUT2D eigenvalue weighted by molar-refractivity contribution is 7.84. The Morgan fingerprint density at radius 3 is 2.67 bits per heavy atom. The van der Waals surface area contributed by atoms with Gasteiger partial charge >= 0.3 is 16.7 Å². The highest BCUT2D eigenvalue weighted by Crippen LogP contribution is 2.29. The molecule has 0 aliphatic heterocycles. The molecule has 0 radical (unpaired) electrons. The second-order valence-corrected chi connectivity index (χ2v) is 9.94. The molecule has 0 saturated heterocycles. The standard InChI is InChI=1S/C22H23F3N6O7S/c1-26-39(35,36)38-17-8-15(19(33)20(17)34)29-21-13(9-27-11-28-21)18(32)14-6-7-31(30-14)10-12-4-2-3-5-16(12)37-22(23,24)25/h2-7,9,11,15,17,19-20,26,33-34H,8,10H2,1H3,(H,27,28,29)/t15-,17-,19+,20+/m1/s1. The van der Waals surface area contributed by atoms with Gasteiger partial charge < -0.3 is 20.3 Å². The Morgan fingerprint density at radius 2 is 1.95 bits per heavy atom. The first-order valence-corrected chi connectivity index (χ1v) is 12.7. The van der Waals surface area contributed by atoms with Gasteiger partial charge in [-0.25, -0.2) is 9.97 Å². The Hall–Kier alpha value is -3.64. The summed E-state index contributed by atoms with van der Waals surface area (Å²) >= 11 is 0. The fourth-order valence-electron chi connectivity index (χ4n) is 3.97. The van der Waals surface area contributed by atoms with Crippen molar-refractivity contribution in [2.45, 2.75) is 43.7 Å². The summed E-state index contributed by atoms with van der Waals surface area (Å²) in [5.41, 5.74) is 0.0426. The Morgan fingerprint density at radius 1 is 1.21 bits per heavy atom. The minimum atomic E-state index is -4.88. The van der Waals surface area contributed by atoms with Crippen LogP contribution in [0.15, 0.2) is 49.1 Å². The topological polar surface area (TPSA) is 178 Å². The maximum absolute atomic E-state index is 13.2. The van der Waals surface area contributed by atoms with Crippen LogP contribution in [0.2, 0.25) is 0 Å². The van der Waals surface area contributed by atoms with E-state index in [2.05, 4.69) is 25.1 Å². The lowest BCUT2D eigenvalue weighted by molar-refractivity contribution is -0.274. The largest absolute Gasteiger partial charge is 0.573 e. The number of aromatic nitrogens is 4. The van der Waals surface area contributed by atoms with E-state index in [-0.39, 0.29) is 35.6 Å². The number of carbonyl (C=O) groups is 1. The molecule has 4 atom stereocenters.